The van der Waals surface area contributed by atoms with E-state index in [9.17, 15) is 9.59 Å². The number of likely N-dealkylation sites (N-methyl/N-ethyl adjacent to an activating group) is 1. The fourth-order valence-corrected chi connectivity index (χ4v) is 1.33. The monoisotopic (exact) mass is 230 g/mol. The number of carbonyl (C=O) groups excluding carboxylic acids is 1. The number of rotatable bonds is 6. The van der Waals surface area contributed by atoms with Crippen molar-refractivity contribution in [3.05, 3.63) is 0 Å². The molecular weight excluding hydrogens is 208 g/mol. The van der Waals surface area contributed by atoms with Gasteiger partial charge in [0.1, 0.15) is 6.54 Å². The van der Waals surface area contributed by atoms with Gasteiger partial charge < -0.3 is 15.3 Å². The first-order chi connectivity index (χ1) is 7.20. The van der Waals surface area contributed by atoms with Gasteiger partial charge in [-0.05, 0) is 26.8 Å². The van der Waals surface area contributed by atoms with Crippen LogP contribution in [-0.2, 0) is 9.59 Å². The molecule has 0 spiro atoms. The minimum atomic E-state index is -0.985. The maximum absolute atomic E-state index is 12.1. The Kier molecular flexibility index (Phi) is 5.44. The van der Waals surface area contributed by atoms with Crippen LogP contribution in [-0.4, -0.2) is 47.6 Å². The van der Waals surface area contributed by atoms with E-state index in [4.69, 9.17) is 5.11 Å². The molecule has 0 bridgehead atoms. The summed E-state index contributed by atoms with van der Waals surface area (Å²) in [7, 11) is 1.69. The molecule has 94 valence electrons. The van der Waals surface area contributed by atoms with E-state index in [1.165, 1.54) is 4.90 Å². The van der Waals surface area contributed by atoms with Crippen molar-refractivity contribution in [2.75, 3.05) is 20.1 Å². The van der Waals surface area contributed by atoms with Crippen molar-refractivity contribution in [1.29, 1.82) is 0 Å². The van der Waals surface area contributed by atoms with Gasteiger partial charge in [-0.15, -0.1) is 0 Å². The molecule has 0 saturated carbocycles. The number of carbonyl (C=O) groups is 2. The molecule has 0 rings (SSSR count). The maximum Gasteiger partial charge on any atom is 0.323 e. The lowest BCUT2D eigenvalue weighted by atomic mass is 10.0. The average molecular weight is 230 g/mol. The molecule has 0 fully saturated rings. The smallest absolute Gasteiger partial charge is 0.323 e. The summed E-state index contributed by atoms with van der Waals surface area (Å²) in [6.45, 7) is 7.59. The summed E-state index contributed by atoms with van der Waals surface area (Å²) in [5.41, 5.74) is -0.732. The van der Waals surface area contributed by atoms with Crippen molar-refractivity contribution in [2.45, 2.75) is 33.2 Å². The number of hydrogen-bond donors (Lipinski definition) is 2. The van der Waals surface area contributed by atoms with Crippen LogP contribution < -0.4 is 5.32 Å². The molecule has 1 amide bonds. The zero-order valence-electron chi connectivity index (χ0n) is 10.7. The van der Waals surface area contributed by atoms with E-state index < -0.39 is 11.5 Å². The number of aliphatic carboxylic acids is 1. The van der Waals surface area contributed by atoms with Crippen molar-refractivity contribution in [2.24, 2.45) is 5.92 Å². The van der Waals surface area contributed by atoms with E-state index in [0.717, 1.165) is 0 Å². The highest BCUT2D eigenvalue weighted by molar-refractivity contribution is 5.88. The molecule has 0 radical (unpaired) electrons. The Bertz CT molecular complexity index is 262. The van der Waals surface area contributed by atoms with Crippen LogP contribution in [0.1, 0.15) is 27.7 Å². The first-order valence-electron chi connectivity index (χ1n) is 5.40. The van der Waals surface area contributed by atoms with E-state index >= 15 is 0 Å². The number of carboxylic acid groups (broad SMARTS) is 1. The zero-order chi connectivity index (χ0) is 12.9. The number of carboxylic acids is 1. The van der Waals surface area contributed by atoms with Crippen molar-refractivity contribution < 1.29 is 14.7 Å². The standard InChI is InChI=1S/C11H22N2O3/c1-8(2)6-13(7-9(14)15)10(16)11(3,4)12-5/h8,12H,6-7H2,1-5H3,(H,14,15). The van der Waals surface area contributed by atoms with Gasteiger partial charge in [-0.3, -0.25) is 9.59 Å². The molecule has 5 nitrogen and oxygen atoms in total. The molecule has 0 aromatic heterocycles. The molecule has 0 aromatic rings. The van der Waals surface area contributed by atoms with Crippen LogP contribution in [0.2, 0.25) is 0 Å². The molecule has 0 heterocycles. The van der Waals surface area contributed by atoms with E-state index in [1.807, 2.05) is 13.8 Å². The largest absolute Gasteiger partial charge is 0.480 e. The summed E-state index contributed by atoms with van der Waals surface area (Å²) in [4.78, 5) is 24.1. The fraction of sp³-hybridized carbons (Fsp3) is 0.818. The van der Waals surface area contributed by atoms with Gasteiger partial charge in [-0.2, -0.15) is 0 Å². The van der Waals surface area contributed by atoms with Gasteiger partial charge in [0.15, 0.2) is 0 Å². The quantitative estimate of drug-likeness (QED) is 0.699. The lowest BCUT2D eigenvalue weighted by Gasteiger charge is -2.31. The van der Waals surface area contributed by atoms with Crippen LogP contribution in [0.25, 0.3) is 0 Å². The van der Waals surface area contributed by atoms with Crippen LogP contribution in [0, 0.1) is 5.92 Å². The van der Waals surface area contributed by atoms with Gasteiger partial charge in [-0.25, -0.2) is 0 Å². The van der Waals surface area contributed by atoms with Gasteiger partial charge in [0.05, 0.1) is 5.54 Å². The van der Waals surface area contributed by atoms with Crippen LogP contribution in [0.4, 0.5) is 0 Å². The molecule has 0 aliphatic rings. The zero-order valence-corrected chi connectivity index (χ0v) is 10.7. The minimum Gasteiger partial charge on any atom is -0.480 e. The van der Waals surface area contributed by atoms with Crippen LogP contribution in [0.5, 0.6) is 0 Å². The first-order valence-corrected chi connectivity index (χ1v) is 5.40. The van der Waals surface area contributed by atoms with Crippen molar-refractivity contribution in [1.82, 2.24) is 10.2 Å². The molecule has 0 unspecified atom stereocenters. The third-order valence-electron chi connectivity index (χ3n) is 2.36. The average Bonchev–Trinajstić information content (AvgIpc) is 2.14. The van der Waals surface area contributed by atoms with Crippen LogP contribution in [0.3, 0.4) is 0 Å². The lowest BCUT2D eigenvalue weighted by molar-refractivity contribution is -0.147. The Hall–Kier alpha value is -1.10. The highest BCUT2D eigenvalue weighted by Gasteiger charge is 2.31. The molecule has 16 heavy (non-hydrogen) atoms. The molecular formula is C11H22N2O3. The van der Waals surface area contributed by atoms with Crippen LogP contribution >= 0.6 is 0 Å². The van der Waals surface area contributed by atoms with Crippen molar-refractivity contribution in [3.8, 4) is 0 Å². The summed E-state index contributed by atoms with van der Waals surface area (Å²) in [6, 6.07) is 0. The van der Waals surface area contributed by atoms with Gasteiger partial charge in [0, 0.05) is 6.54 Å². The van der Waals surface area contributed by atoms with Gasteiger partial charge in [0.2, 0.25) is 5.91 Å². The second-order valence-electron chi connectivity index (χ2n) is 4.85. The first kappa shape index (κ1) is 14.9. The third-order valence-corrected chi connectivity index (χ3v) is 2.36. The van der Waals surface area contributed by atoms with Crippen LogP contribution in [0.15, 0.2) is 0 Å². The SMILES string of the molecule is CNC(C)(C)C(=O)N(CC(=O)O)CC(C)C. The second kappa shape index (κ2) is 5.84. The molecule has 0 aromatic carbocycles. The topological polar surface area (TPSA) is 69.6 Å². The minimum absolute atomic E-state index is 0.189. The van der Waals surface area contributed by atoms with Gasteiger partial charge >= 0.3 is 5.97 Å². The summed E-state index contributed by atoms with van der Waals surface area (Å²) in [6.07, 6.45) is 0. The maximum atomic E-state index is 12.1. The number of amides is 1. The molecule has 0 saturated heterocycles. The highest BCUT2D eigenvalue weighted by atomic mass is 16.4. The summed E-state index contributed by atoms with van der Waals surface area (Å²) in [5, 5.41) is 11.7. The summed E-state index contributed by atoms with van der Waals surface area (Å²) >= 11 is 0. The number of nitrogens with one attached hydrogen (secondary N) is 1. The van der Waals surface area contributed by atoms with Crippen molar-refractivity contribution in [3.63, 3.8) is 0 Å². The van der Waals surface area contributed by atoms with Gasteiger partial charge in [0.25, 0.3) is 0 Å². The normalized spacial score (nSPS) is 11.6. The number of nitrogens with zero attached hydrogens (tertiary/aromatic N) is 1. The summed E-state index contributed by atoms with van der Waals surface area (Å²) in [5.74, 6) is -0.928. The molecule has 2 N–H and O–H groups in total. The third kappa shape index (κ3) is 4.61. The number of hydrogen-bond acceptors (Lipinski definition) is 3. The Morgan fingerprint density at radius 1 is 1.38 bits per heavy atom. The molecule has 0 atom stereocenters. The second-order valence-corrected chi connectivity index (χ2v) is 4.85. The predicted molar refractivity (Wildman–Crippen MR) is 62.2 cm³/mol. The van der Waals surface area contributed by atoms with E-state index in [0.29, 0.717) is 6.54 Å². The van der Waals surface area contributed by atoms with Crippen molar-refractivity contribution >= 4 is 11.9 Å². The molecule has 0 aliphatic carbocycles. The summed E-state index contributed by atoms with van der Waals surface area (Å²) < 4.78 is 0. The molecule has 0 aliphatic heterocycles. The van der Waals surface area contributed by atoms with E-state index in [2.05, 4.69) is 5.32 Å². The Morgan fingerprint density at radius 3 is 2.19 bits per heavy atom. The Balaban J connectivity index is 4.75. The fourth-order valence-electron chi connectivity index (χ4n) is 1.33. The Morgan fingerprint density at radius 2 is 1.88 bits per heavy atom. The molecule has 5 heteroatoms. The highest BCUT2D eigenvalue weighted by Crippen LogP contribution is 2.09. The van der Waals surface area contributed by atoms with E-state index in [-0.39, 0.29) is 18.4 Å². The lowest BCUT2D eigenvalue weighted by Crippen LogP contribution is -2.54. The Labute approximate surface area is 96.8 Å². The van der Waals surface area contributed by atoms with Gasteiger partial charge in [-0.1, -0.05) is 13.8 Å². The predicted octanol–water partition coefficient (Wildman–Crippen LogP) is 0.554. The van der Waals surface area contributed by atoms with E-state index in [1.54, 1.807) is 20.9 Å².